The molecule has 0 spiro atoms. The number of carbonyl (C=O) groups excluding carboxylic acids is 1. The Morgan fingerprint density at radius 1 is 1.09 bits per heavy atom. The molecule has 0 bridgehead atoms. The van der Waals surface area contributed by atoms with Gasteiger partial charge in [0.15, 0.2) is 10.9 Å². The zero-order valence-corrected chi connectivity index (χ0v) is 19.4. The molecular formula is C21H14BrF3N6O2S. The van der Waals surface area contributed by atoms with E-state index in [1.807, 2.05) is 6.07 Å². The molecule has 174 valence electrons. The number of amides is 1. The van der Waals surface area contributed by atoms with Crippen molar-refractivity contribution in [1.29, 1.82) is 0 Å². The van der Waals surface area contributed by atoms with Crippen LogP contribution in [0.4, 0.5) is 18.9 Å². The highest BCUT2D eigenvalue weighted by Crippen LogP contribution is 2.27. The standard InChI is InChI=1S/C21H14BrF3N6O2S/c22-13-3-1-4-14(11-13)28-19(32)18-17(12-34-20-26-9-2-10-27-20)31(30-29-18)15-5-7-16(8-6-15)33-21(23,24)25/h1-11H,12H2,(H,28,32). The molecule has 0 aliphatic carbocycles. The number of alkyl halides is 3. The summed E-state index contributed by atoms with van der Waals surface area (Å²) in [6.07, 6.45) is -1.62. The minimum absolute atomic E-state index is 0.0547. The van der Waals surface area contributed by atoms with E-state index < -0.39 is 12.3 Å². The average Bonchev–Trinajstić information content (AvgIpc) is 3.22. The van der Waals surface area contributed by atoms with Gasteiger partial charge >= 0.3 is 6.36 Å². The smallest absolute Gasteiger partial charge is 0.406 e. The molecule has 2 aromatic carbocycles. The second-order valence-electron chi connectivity index (χ2n) is 6.62. The number of rotatable bonds is 7. The van der Waals surface area contributed by atoms with Crippen molar-refractivity contribution in [3.05, 3.63) is 82.9 Å². The lowest BCUT2D eigenvalue weighted by Crippen LogP contribution is -2.17. The number of nitrogens with zero attached hydrogens (tertiary/aromatic N) is 5. The highest BCUT2D eigenvalue weighted by molar-refractivity contribution is 9.10. The van der Waals surface area contributed by atoms with Crippen LogP contribution in [-0.4, -0.2) is 37.2 Å². The molecule has 0 unspecified atom stereocenters. The summed E-state index contributed by atoms with van der Waals surface area (Å²) in [6, 6.07) is 13.8. The van der Waals surface area contributed by atoms with Gasteiger partial charge in [-0.25, -0.2) is 14.6 Å². The van der Waals surface area contributed by atoms with E-state index in [2.05, 4.69) is 46.3 Å². The maximum atomic E-state index is 13.0. The summed E-state index contributed by atoms with van der Waals surface area (Å²) < 4.78 is 43.5. The molecule has 0 saturated heterocycles. The molecule has 0 atom stereocenters. The molecule has 2 heterocycles. The fourth-order valence-electron chi connectivity index (χ4n) is 2.85. The van der Waals surface area contributed by atoms with Crippen molar-refractivity contribution >= 4 is 39.3 Å². The molecule has 8 nitrogen and oxygen atoms in total. The van der Waals surface area contributed by atoms with E-state index in [4.69, 9.17) is 0 Å². The second-order valence-corrected chi connectivity index (χ2v) is 8.48. The van der Waals surface area contributed by atoms with Crippen molar-refractivity contribution in [3.8, 4) is 11.4 Å². The van der Waals surface area contributed by atoms with Gasteiger partial charge in [0.1, 0.15) is 5.75 Å². The molecule has 34 heavy (non-hydrogen) atoms. The summed E-state index contributed by atoms with van der Waals surface area (Å²) in [6.45, 7) is 0. The summed E-state index contributed by atoms with van der Waals surface area (Å²) >= 11 is 4.61. The van der Waals surface area contributed by atoms with Crippen molar-refractivity contribution in [1.82, 2.24) is 25.0 Å². The monoisotopic (exact) mass is 550 g/mol. The Morgan fingerprint density at radius 3 is 2.50 bits per heavy atom. The van der Waals surface area contributed by atoms with E-state index in [1.165, 1.54) is 28.6 Å². The number of ether oxygens (including phenoxy) is 1. The lowest BCUT2D eigenvalue weighted by Gasteiger charge is -2.11. The number of anilines is 1. The topological polar surface area (TPSA) is 94.8 Å². The zero-order chi connectivity index (χ0) is 24.1. The van der Waals surface area contributed by atoms with Crippen LogP contribution < -0.4 is 10.1 Å². The molecule has 0 aliphatic rings. The molecule has 2 aromatic heterocycles. The van der Waals surface area contributed by atoms with E-state index in [1.54, 1.807) is 36.7 Å². The number of nitrogens with one attached hydrogen (secondary N) is 1. The Labute approximate surface area is 203 Å². The summed E-state index contributed by atoms with van der Waals surface area (Å²) in [5.41, 5.74) is 1.41. The van der Waals surface area contributed by atoms with Gasteiger partial charge in [0.2, 0.25) is 0 Å². The Morgan fingerprint density at radius 2 is 1.82 bits per heavy atom. The van der Waals surface area contributed by atoms with Gasteiger partial charge in [0.25, 0.3) is 5.91 Å². The van der Waals surface area contributed by atoms with E-state index in [0.29, 0.717) is 22.2 Å². The highest BCUT2D eigenvalue weighted by atomic mass is 79.9. The first-order valence-electron chi connectivity index (χ1n) is 9.56. The van der Waals surface area contributed by atoms with Crippen molar-refractivity contribution in [2.75, 3.05) is 5.32 Å². The second kappa shape index (κ2) is 10.2. The normalized spacial score (nSPS) is 11.3. The molecule has 0 radical (unpaired) electrons. The molecule has 1 N–H and O–H groups in total. The minimum Gasteiger partial charge on any atom is -0.406 e. The first-order valence-corrected chi connectivity index (χ1v) is 11.3. The van der Waals surface area contributed by atoms with Gasteiger partial charge in [-0.1, -0.05) is 39.0 Å². The van der Waals surface area contributed by atoms with Crippen LogP contribution in [0.15, 0.2) is 76.6 Å². The maximum Gasteiger partial charge on any atom is 0.573 e. The zero-order valence-electron chi connectivity index (χ0n) is 17.0. The van der Waals surface area contributed by atoms with Crippen LogP contribution in [-0.2, 0) is 5.75 Å². The molecule has 4 rings (SSSR count). The van der Waals surface area contributed by atoms with Gasteiger partial charge in [-0.2, -0.15) is 0 Å². The van der Waals surface area contributed by atoms with Crippen LogP contribution in [0.5, 0.6) is 5.75 Å². The van der Waals surface area contributed by atoms with E-state index in [0.717, 1.165) is 16.6 Å². The minimum atomic E-state index is -4.80. The van der Waals surface area contributed by atoms with E-state index in [-0.39, 0.29) is 17.2 Å². The Balaban J connectivity index is 1.64. The quantitative estimate of drug-likeness (QED) is 0.247. The van der Waals surface area contributed by atoms with Crippen LogP contribution >= 0.6 is 27.7 Å². The third-order valence-electron chi connectivity index (χ3n) is 4.26. The Kier molecular flexibility index (Phi) is 7.12. The number of hydrogen-bond acceptors (Lipinski definition) is 7. The Bertz CT molecular complexity index is 1290. The van der Waals surface area contributed by atoms with Crippen LogP contribution in [0.3, 0.4) is 0 Å². The fraction of sp³-hybridized carbons (Fsp3) is 0.0952. The summed E-state index contributed by atoms with van der Waals surface area (Å²) in [4.78, 5) is 21.3. The third kappa shape index (κ3) is 6.11. The number of halogens is 4. The van der Waals surface area contributed by atoms with E-state index in [9.17, 15) is 18.0 Å². The maximum absolute atomic E-state index is 13.0. The predicted octanol–water partition coefficient (Wildman–Crippen LogP) is 5.26. The summed E-state index contributed by atoms with van der Waals surface area (Å²) in [5.74, 6) is -0.650. The average molecular weight is 551 g/mol. The third-order valence-corrected chi connectivity index (χ3v) is 5.64. The Hall–Kier alpha value is -3.45. The lowest BCUT2D eigenvalue weighted by molar-refractivity contribution is -0.274. The molecule has 0 aliphatic heterocycles. The number of aromatic nitrogens is 5. The van der Waals surface area contributed by atoms with Gasteiger partial charge in [0, 0.05) is 28.3 Å². The van der Waals surface area contributed by atoms with Gasteiger partial charge in [-0.05, 0) is 48.5 Å². The van der Waals surface area contributed by atoms with Crippen LogP contribution in [0.2, 0.25) is 0 Å². The van der Waals surface area contributed by atoms with Crippen molar-refractivity contribution in [2.45, 2.75) is 17.3 Å². The fourth-order valence-corrected chi connectivity index (χ4v) is 4.05. The van der Waals surface area contributed by atoms with Gasteiger partial charge in [-0.3, -0.25) is 4.79 Å². The van der Waals surface area contributed by atoms with E-state index >= 15 is 0 Å². The first-order chi connectivity index (χ1) is 16.3. The molecule has 4 aromatic rings. The summed E-state index contributed by atoms with van der Waals surface area (Å²) in [7, 11) is 0. The largest absolute Gasteiger partial charge is 0.573 e. The van der Waals surface area contributed by atoms with Crippen molar-refractivity contribution in [3.63, 3.8) is 0 Å². The van der Waals surface area contributed by atoms with Gasteiger partial charge < -0.3 is 10.1 Å². The molecular weight excluding hydrogens is 537 g/mol. The molecule has 0 fully saturated rings. The van der Waals surface area contributed by atoms with Gasteiger partial charge in [0.05, 0.1) is 11.4 Å². The number of benzene rings is 2. The lowest BCUT2D eigenvalue weighted by atomic mass is 10.2. The predicted molar refractivity (Wildman–Crippen MR) is 122 cm³/mol. The molecule has 13 heteroatoms. The van der Waals surface area contributed by atoms with Crippen LogP contribution in [0.1, 0.15) is 16.2 Å². The van der Waals surface area contributed by atoms with Crippen LogP contribution in [0, 0.1) is 0 Å². The van der Waals surface area contributed by atoms with Crippen molar-refractivity contribution < 1.29 is 22.7 Å². The number of thioether (sulfide) groups is 1. The summed E-state index contributed by atoms with van der Waals surface area (Å²) in [5, 5.41) is 11.3. The number of carbonyl (C=O) groups is 1. The van der Waals surface area contributed by atoms with Crippen molar-refractivity contribution in [2.24, 2.45) is 0 Å². The molecule has 0 saturated carbocycles. The SMILES string of the molecule is O=C(Nc1cccc(Br)c1)c1nnn(-c2ccc(OC(F)(F)F)cc2)c1CSc1ncccn1. The van der Waals surface area contributed by atoms with Crippen LogP contribution in [0.25, 0.3) is 5.69 Å². The van der Waals surface area contributed by atoms with Gasteiger partial charge in [-0.15, -0.1) is 18.3 Å². The molecule has 1 amide bonds. The first kappa shape index (κ1) is 23.7. The number of hydrogen-bond donors (Lipinski definition) is 1. The highest BCUT2D eigenvalue weighted by Gasteiger charge is 2.31.